The van der Waals surface area contributed by atoms with Crippen molar-refractivity contribution in [1.82, 2.24) is 0 Å². The van der Waals surface area contributed by atoms with Crippen LogP contribution in [0.2, 0.25) is 0 Å². The van der Waals surface area contributed by atoms with Crippen molar-refractivity contribution in [2.45, 2.75) is 71.8 Å². The first kappa shape index (κ1) is 24.8. The number of ketones is 2. The van der Waals surface area contributed by atoms with E-state index < -0.39 is 59.0 Å². The molecule has 4 aliphatic carbocycles. The van der Waals surface area contributed by atoms with Gasteiger partial charge in [0.05, 0.1) is 6.10 Å². The van der Waals surface area contributed by atoms with Gasteiger partial charge in [-0.2, -0.15) is 0 Å². The van der Waals surface area contributed by atoms with Crippen LogP contribution < -0.4 is 0 Å². The second-order valence-corrected chi connectivity index (χ2v) is 11.0. The van der Waals surface area contributed by atoms with Gasteiger partial charge >= 0.3 is 11.9 Å². The molecule has 0 spiro atoms. The zero-order chi connectivity index (χ0) is 25.2. The van der Waals surface area contributed by atoms with Crippen LogP contribution in [0, 0.1) is 34.5 Å². The molecule has 0 aromatic rings. The Bertz CT molecular complexity index is 1000. The summed E-state index contributed by atoms with van der Waals surface area (Å²) in [7, 11) is 0. The number of Topliss-reactive ketones (excluding diaryl/α,β-unsaturated/α-hetero) is 1. The van der Waals surface area contributed by atoms with Crippen molar-refractivity contribution in [3.05, 3.63) is 23.8 Å². The second kappa shape index (κ2) is 8.11. The molecule has 1 N–H and O–H groups in total. The molecule has 3 saturated carbocycles. The second-order valence-electron chi connectivity index (χ2n) is 11.0. The van der Waals surface area contributed by atoms with E-state index >= 15 is 4.39 Å². The van der Waals surface area contributed by atoms with Crippen molar-refractivity contribution in [2.75, 3.05) is 6.61 Å². The van der Waals surface area contributed by atoms with Crippen molar-refractivity contribution in [3.8, 4) is 0 Å². The van der Waals surface area contributed by atoms with Gasteiger partial charge in [0.2, 0.25) is 5.78 Å². The lowest BCUT2D eigenvalue weighted by molar-refractivity contribution is -0.206. The molecule has 8 heteroatoms. The van der Waals surface area contributed by atoms with Crippen LogP contribution in [0.5, 0.6) is 0 Å². The van der Waals surface area contributed by atoms with Crippen LogP contribution in [0.1, 0.15) is 53.9 Å². The van der Waals surface area contributed by atoms with E-state index in [1.165, 1.54) is 26.0 Å². The molecule has 0 aromatic heterocycles. The molecule has 0 amide bonds. The fourth-order valence-electron chi connectivity index (χ4n) is 8.02. The standard InChI is InChI=1S/C26H33FO7/c1-13-8-18-17-10-20(27)19-9-16(30)6-7-24(19,4)23(17)21(31)11-25(18,5)26(13,34-15(3)29)22(32)12-33-14(2)28/h6-7,9,13,17-18,20-21,23,31H,8,10-12H2,1-5H3/t13-,17+,18+,20+,21+,23+,24+,25+,26-/m1/s1. The maximum atomic E-state index is 15.5. The Labute approximate surface area is 198 Å². The topological polar surface area (TPSA) is 107 Å². The maximum Gasteiger partial charge on any atom is 0.303 e. The van der Waals surface area contributed by atoms with E-state index in [2.05, 4.69) is 0 Å². The number of fused-ring (bicyclic) bond motifs is 5. The molecule has 186 valence electrons. The first-order valence-corrected chi connectivity index (χ1v) is 11.9. The summed E-state index contributed by atoms with van der Waals surface area (Å²) in [5.41, 5.74) is -3.02. The van der Waals surface area contributed by atoms with E-state index in [1.54, 1.807) is 6.08 Å². The maximum absolute atomic E-state index is 15.5. The van der Waals surface area contributed by atoms with Crippen molar-refractivity contribution in [2.24, 2.45) is 34.5 Å². The Hall–Kier alpha value is -2.35. The SMILES string of the molecule is CC(=O)OCC(=O)[C@]1(OC(C)=O)[C@H](C)C[C@H]2[C@@H]3C[C@H](F)C4=CC(=O)C=C[C@]4(C)[C@@H]3[C@@H](O)C[C@@]21C. The molecule has 3 fully saturated rings. The summed E-state index contributed by atoms with van der Waals surface area (Å²) in [6, 6.07) is 0. The van der Waals surface area contributed by atoms with Crippen LogP contribution in [0.3, 0.4) is 0 Å². The lowest BCUT2D eigenvalue weighted by atomic mass is 9.46. The molecule has 0 unspecified atom stereocenters. The summed E-state index contributed by atoms with van der Waals surface area (Å²) in [6.45, 7) is 7.40. The Kier molecular flexibility index (Phi) is 5.91. The lowest BCUT2D eigenvalue weighted by Gasteiger charge is -2.60. The van der Waals surface area contributed by atoms with Crippen LogP contribution in [0.15, 0.2) is 23.8 Å². The Balaban J connectivity index is 1.80. The Morgan fingerprint density at radius 3 is 2.47 bits per heavy atom. The number of esters is 2. The van der Waals surface area contributed by atoms with Crippen LogP contribution in [-0.4, -0.2) is 53.1 Å². The molecule has 0 radical (unpaired) electrons. The average Bonchev–Trinajstić information content (AvgIpc) is 2.94. The highest BCUT2D eigenvalue weighted by Gasteiger charge is 2.73. The predicted octanol–water partition coefficient (Wildman–Crippen LogP) is 2.89. The number of carbonyl (C=O) groups is 4. The van der Waals surface area contributed by atoms with Crippen LogP contribution in [0.25, 0.3) is 0 Å². The lowest BCUT2D eigenvalue weighted by Crippen LogP contribution is -2.64. The van der Waals surface area contributed by atoms with E-state index in [-0.39, 0.29) is 36.4 Å². The fourth-order valence-corrected chi connectivity index (χ4v) is 8.02. The fraction of sp³-hybridized carbons (Fsp3) is 0.692. The minimum atomic E-state index is -1.61. The van der Waals surface area contributed by atoms with Crippen molar-refractivity contribution >= 4 is 23.5 Å². The predicted molar refractivity (Wildman–Crippen MR) is 119 cm³/mol. The highest BCUT2D eigenvalue weighted by molar-refractivity contribution is 6.01. The minimum absolute atomic E-state index is 0.117. The third-order valence-corrected chi connectivity index (χ3v) is 9.14. The zero-order valence-corrected chi connectivity index (χ0v) is 20.3. The molecule has 34 heavy (non-hydrogen) atoms. The number of alkyl halides is 1. The summed E-state index contributed by atoms with van der Waals surface area (Å²) in [5.74, 6) is -3.35. The highest BCUT2D eigenvalue weighted by Crippen LogP contribution is 2.69. The summed E-state index contributed by atoms with van der Waals surface area (Å²) in [4.78, 5) is 49.2. The summed E-state index contributed by atoms with van der Waals surface area (Å²) >= 11 is 0. The van der Waals surface area contributed by atoms with Crippen molar-refractivity contribution in [1.29, 1.82) is 0 Å². The van der Waals surface area contributed by atoms with Gasteiger partial charge in [0.15, 0.2) is 18.0 Å². The number of halogens is 1. The number of ether oxygens (including phenoxy) is 2. The molecule has 0 aromatic carbocycles. The molecular formula is C26H33FO7. The number of allylic oxidation sites excluding steroid dienone is 4. The van der Waals surface area contributed by atoms with Gasteiger partial charge in [0, 0.05) is 36.5 Å². The molecule has 4 aliphatic rings. The highest BCUT2D eigenvalue weighted by atomic mass is 19.1. The van der Waals surface area contributed by atoms with Gasteiger partial charge in [-0.15, -0.1) is 0 Å². The van der Waals surface area contributed by atoms with Crippen molar-refractivity contribution in [3.63, 3.8) is 0 Å². The molecule has 0 saturated heterocycles. The number of aliphatic hydroxyl groups is 1. The quantitative estimate of drug-likeness (QED) is 0.622. The van der Waals surface area contributed by atoms with Gasteiger partial charge in [-0.05, 0) is 48.8 Å². The van der Waals surface area contributed by atoms with Crippen molar-refractivity contribution < 1.29 is 38.1 Å². The van der Waals surface area contributed by atoms with Crippen LogP contribution in [0.4, 0.5) is 4.39 Å². The van der Waals surface area contributed by atoms with Gasteiger partial charge < -0.3 is 14.6 Å². The number of aliphatic hydroxyl groups excluding tert-OH is 1. The largest absolute Gasteiger partial charge is 0.458 e. The first-order chi connectivity index (χ1) is 15.8. The van der Waals surface area contributed by atoms with Gasteiger partial charge in [-0.25, -0.2) is 4.39 Å². The smallest absolute Gasteiger partial charge is 0.303 e. The normalized spacial score (nSPS) is 44.9. The van der Waals surface area contributed by atoms with Gasteiger partial charge in [0.25, 0.3) is 0 Å². The van der Waals surface area contributed by atoms with E-state index in [1.807, 2.05) is 20.8 Å². The molecular weight excluding hydrogens is 443 g/mol. The number of rotatable bonds is 4. The minimum Gasteiger partial charge on any atom is -0.458 e. The average molecular weight is 477 g/mol. The van der Waals surface area contributed by atoms with Crippen LogP contribution >= 0.6 is 0 Å². The number of hydrogen-bond donors (Lipinski definition) is 1. The summed E-state index contributed by atoms with van der Waals surface area (Å²) < 4.78 is 26.4. The van der Waals surface area contributed by atoms with E-state index in [0.29, 0.717) is 12.0 Å². The van der Waals surface area contributed by atoms with Gasteiger partial charge in [-0.1, -0.05) is 26.8 Å². The zero-order valence-electron chi connectivity index (χ0n) is 20.3. The van der Waals surface area contributed by atoms with Gasteiger partial charge in [0.1, 0.15) is 6.17 Å². The Morgan fingerprint density at radius 2 is 1.85 bits per heavy atom. The monoisotopic (exact) mass is 476 g/mol. The molecule has 0 aliphatic heterocycles. The molecule has 0 bridgehead atoms. The number of hydrogen-bond acceptors (Lipinski definition) is 7. The molecule has 7 nitrogen and oxygen atoms in total. The third kappa shape index (κ3) is 3.32. The molecule has 9 atom stereocenters. The van der Waals surface area contributed by atoms with E-state index in [9.17, 15) is 24.3 Å². The molecule has 4 rings (SSSR count). The Morgan fingerprint density at radius 1 is 1.18 bits per heavy atom. The van der Waals surface area contributed by atoms with E-state index in [0.717, 1.165) is 0 Å². The van der Waals surface area contributed by atoms with Crippen LogP contribution in [-0.2, 0) is 28.7 Å². The molecule has 0 heterocycles. The van der Waals surface area contributed by atoms with E-state index in [4.69, 9.17) is 9.47 Å². The first-order valence-electron chi connectivity index (χ1n) is 11.9. The number of carbonyl (C=O) groups excluding carboxylic acids is 4. The summed E-state index contributed by atoms with van der Waals surface area (Å²) in [5, 5.41) is 11.5. The third-order valence-electron chi connectivity index (χ3n) is 9.14. The van der Waals surface area contributed by atoms with Gasteiger partial charge in [-0.3, -0.25) is 19.2 Å². The summed E-state index contributed by atoms with van der Waals surface area (Å²) in [6.07, 6.45) is 2.98.